The van der Waals surface area contributed by atoms with Crippen LogP contribution in [-0.2, 0) is 4.74 Å². The highest BCUT2D eigenvalue weighted by atomic mass is 16.5. The molecule has 1 aliphatic rings. The van der Waals surface area contributed by atoms with E-state index < -0.39 is 0 Å². The quantitative estimate of drug-likeness (QED) is 0.314. The predicted molar refractivity (Wildman–Crippen MR) is 112 cm³/mol. The van der Waals surface area contributed by atoms with Gasteiger partial charge in [0.2, 0.25) is 0 Å². The van der Waals surface area contributed by atoms with E-state index in [9.17, 15) is 5.11 Å². The summed E-state index contributed by atoms with van der Waals surface area (Å²) < 4.78 is 5.55. The van der Waals surface area contributed by atoms with Crippen molar-refractivity contribution in [2.45, 2.75) is 32.6 Å². The Morgan fingerprint density at radius 3 is 2.74 bits per heavy atom. The van der Waals surface area contributed by atoms with Crippen LogP contribution in [0.1, 0.15) is 32.6 Å². The Morgan fingerprint density at radius 2 is 2.07 bits per heavy atom. The van der Waals surface area contributed by atoms with Crippen molar-refractivity contribution in [3.8, 4) is 0 Å². The van der Waals surface area contributed by atoms with Crippen molar-refractivity contribution in [1.82, 2.24) is 10.6 Å². The third-order valence-electron chi connectivity index (χ3n) is 5.15. The number of ether oxygens (including phenoxy) is 1. The molecule has 0 saturated carbocycles. The van der Waals surface area contributed by atoms with Crippen molar-refractivity contribution in [1.29, 1.82) is 0 Å². The van der Waals surface area contributed by atoms with Gasteiger partial charge < -0.3 is 25.4 Å². The Bertz CT molecular complexity index is 544. The number of aliphatic imine (C=N–C) groups is 1. The maximum Gasteiger partial charge on any atom is 0.191 e. The van der Waals surface area contributed by atoms with Gasteiger partial charge in [-0.25, -0.2) is 0 Å². The number of nitrogens with one attached hydrogen (secondary N) is 2. The number of rotatable bonds is 11. The summed E-state index contributed by atoms with van der Waals surface area (Å²) >= 11 is 0. The lowest BCUT2D eigenvalue weighted by molar-refractivity contribution is 0.131. The molecular formula is C21H36N4O2. The number of para-hydroxylation sites is 1. The van der Waals surface area contributed by atoms with E-state index in [1.165, 1.54) is 5.69 Å². The maximum absolute atomic E-state index is 9.35. The zero-order valence-electron chi connectivity index (χ0n) is 16.9. The minimum absolute atomic E-state index is 0.00447. The van der Waals surface area contributed by atoms with E-state index in [2.05, 4.69) is 53.8 Å². The number of hydrogen-bond donors (Lipinski definition) is 3. The number of unbranched alkanes of at least 4 members (excludes halogenated alkanes) is 1. The molecule has 0 bridgehead atoms. The zero-order chi connectivity index (χ0) is 19.4. The summed E-state index contributed by atoms with van der Waals surface area (Å²) in [5, 5.41) is 16.1. The topological polar surface area (TPSA) is 69.1 Å². The molecule has 6 heteroatoms. The van der Waals surface area contributed by atoms with Crippen molar-refractivity contribution in [2.75, 3.05) is 57.9 Å². The fourth-order valence-electron chi connectivity index (χ4n) is 3.37. The average Bonchev–Trinajstić information content (AvgIpc) is 3.15. The SMILES string of the molecule is CCNC(=NCC1(CCO)CCOC1)NCCCCN(C)c1ccccc1. The standard InChI is InChI=1S/C21H36N4O2/c1-3-22-20(24-17-21(11-15-26)12-16-27-18-21)23-13-7-8-14-25(2)19-9-5-4-6-10-19/h4-6,9-10,26H,3,7-8,11-18H2,1-2H3,(H2,22,23,24). The molecule has 6 nitrogen and oxygen atoms in total. The van der Waals surface area contributed by atoms with Gasteiger partial charge in [-0.1, -0.05) is 18.2 Å². The molecule has 0 spiro atoms. The smallest absolute Gasteiger partial charge is 0.191 e. The molecule has 152 valence electrons. The second-order valence-electron chi connectivity index (χ2n) is 7.36. The Labute approximate surface area is 164 Å². The minimum Gasteiger partial charge on any atom is -0.396 e. The van der Waals surface area contributed by atoms with Gasteiger partial charge in [0.1, 0.15) is 0 Å². The summed E-state index contributed by atoms with van der Waals surface area (Å²) in [6, 6.07) is 10.5. The van der Waals surface area contributed by atoms with Crippen molar-refractivity contribution in [3.63, 3.8) is 0 Å². The summed E-state index contributed by atoms with van der Waals surface area (Å²) in [5.41, 5.74) is 1.25. The molecule has 1 aliphatic heterocycles. The first kappa shape index (κ1) is 21.5. The molecule has 1 unspecified atom stereocenters. The Morgan fingerprint density at radius 1 is 1.26 bits per heavy atom. The van der Waals surface area contributed by atoms with Crippen LogP contribution in [0, 0.1) is 5.41 Å². The van der Waals surface area contributed by atoms with Crippen LogP contribution in [0.25, 0.3) is 0 Å². The summed E-state index contributed by atoms with van der Waals surface area (Å²) in [5.74, 6) is 0.859. The molecule has 1 heterocycles. The van der Waals surface area contributed by atoms with Crippen LogP contribution >= 0.6 is 0 Å². The second kappa shape index (κ2) is 11.8. The molecule has 1 fully saturated rings. The summed E-state index contributed by atoms with van der Waals surface area (Å²) in [6.45, 7) is 7.21. The molecule has 1 saturated heterocycles. The number of benzene rings is 1. The van der Waals surface area contributed by atoms with Gasteiger partial charge in [-0.2, -0.15) is 0 Å². The van der Waals surface area contributed by atoms with E-state index in [0.717, 1.165) is 57.9 Å². The highest BCUT2D eigenvalue weighted by Gasteiger charge is 2.34. The van der Waals surface area contributed by atoms with Crippen molar-refractivity contribution < 1.29 is 9.84 Å². The van der Waals surface area contributed by atoms with E-state index in [4.69, 9.17) is 9.73 Å². The first-order valence-electron chi connectivity index (χ1n) is 10.2. The molecule has 0 radical (unpaired) electrons. The van der Waals surface area contributed by atoms with E-state index in [1.807, 2.05) is 6.07 Å². The van der Waals surface area contributed by atoms with Gasteiger partial charge in [0.15, 0.2) is 5.96 Å². The van der Waals surface area contributed by atoms with Crippen molar-refractivity contribution in [3.05, 3.63) is 30.3 Å². The van der Waals surface area contributed by atoms with Gasteiger partial charge in [-0.3, -0.25) is 4.99 Å². The van der Waals surface area contributed by atoms with Crippen LogP contribution in [-0.4, -0.2) is 64.1 Å². The Kier molecular flexibility index (Phi) is 9.42. The monoisotopic (exact) mass is 376 g/mol. The second-order valence-corrected chi connectivity index (χ2v) is 7.36. The number of anilines is 1. The first-order valence-corrected chi connectivity index (χ1v) is 10.2. The van der Waals surface area contributed by atoms with Gasteiger partial charge in [0, 0.05) is 51.0 Å². The highest BCUT2D eigenvalue weighted by molar-refractivity contribution is 5.79. The molecule has 0 aliphatic carbocycles. The van der Waals surface area contributed by atoms with E-state index in [1.54, 1.807) is 0 Å². The lowest BCUT2D eigenvalue weighted by atomic mass is 9.84. The van der Waals surface area contributed by atoms with E-state index in [0.29, 0.717) is 13.2 Å². The molecule has 27 heavy (non-hydrogen) atoms. The molecule has 1 aromatic carbocycles. The molecule has 2 rings (SSSR count). The van der Waals surface area contributed by atoms with Crippen LogP contribution in [0.2, 0.25) is 0 Å². The molecule has 0 aromatic heterocycles. The van der Waals surface area contributed by atoms with Crippen LogP contribution in [0.15, 0.2) is 35.3 Å². The largest absolute Gasteiger partial charge is 0.396 e. The van der Waals surface area contributed by atoms with Gasteiger partial charge in [-0.15, -0.1) is 0 Å². The molecular weight excluding hydrogens is 340 g/mol. The third kappa shape index (κ3) is 7.39. The lowest BCUT2D eigenvalue weighted by Crippen LogP contribution is -2.39. The number of hydrogen-bond acceptors (Lipinski definition) is 4. The highest BCUT2D eigenvalue weighted by Crippen LogP contribution is 2.32. The fourth-order valence-corrected chi connectivity index (χ4v) is 3.37. The van der Waals surface area contributed by atoms with Crippen molar-refractivity contribution >= 4 is 11.6 Å². The minimum atomic E-state index is -0.00447. The molecule has 1 atom stereocenters. The van der Waals surface area contributed by atoms with Gasteiger partial charge in [0.05, 0.1) is 13.2 Å². The number of guanidine groups is 1. The summed E-state index contributed by atoms with van der Waals surface area (Å²) in [4.78, 5) is 7.05. The van der Waals surface area contributed by atoms with Gasteiger partial charge in [-0.05, 0) is 44.7 Å². The normalized spacial score (nSPS) is 19.9. The Balaban J connectivity index is 1.72. The summed E-state index contributed by atoms with van der Waals surface area (Å²) in [7, 11) is 2.14. The molecule has 1 aromatic rings. The summed E-state index contributed by atoms with van der Waals surface area (Å²) in [6.07, 6.45) is 3.94. The van der Waals surface area contributed by atoms with Crippen molar-refractivity contribution in [2.24, 2.45) is 10.4 Å². The van der Waals surface area contributed by atoms with E-state index in [-0.39, 0.29) is 12.0 Å². The fraction of sp³-hybridized carbons (Fsp3) is 0.667. The number of aliphatic hydroxyl groups is 1. The Hall–Kier alpha value is -1.79. The zero-order valence-corrected chi connectivity index (χ0v) is 16.9. The lowest BCUT2D eigenvalue weighted by Gasteiger charge is -2.25. The van der Waals surface area contributed by atoms with E-state index >= 15 is 0 Å². The predicted octanol–water partition coefficient (Wildman–Crippen LogP) is 2.25. The number of aliphatic hydroxyl groups excluding tert-OH is 1. The van der Waals surface area contributed by atoms with Crippen LogP contribution in [0.4, 0.5) is 5.69 Å². The molecule has 3 N–H and O–H groups in total. The van der Waals surface area contributed by atoms with Gasteiger partial charge >= 0.3 is 0 Å². The molecule has 0 amide bonds. The van der Waals surface area contributed by atoms with Crippen LogP contribution < -0.4 is 15.5 Å². The maximum atomic E-state index is 9.35. The first-order chi connectivity index (χ1) is 13.2. The van der Waals surface area contributed by atoms with Gasteiger partial charge in [0.25, 0.3) is 0 Å². The average molecular weight is 377 g/mol. The third-order valence-corrected chi connectivity index (χ3v) is 5.15. The van der Waals surface area contributed by atoms with Crippen LogP contribution in [0.3, 0.4) is 0 Å². The number of nitrogens with zero attached hydrogens (tertiary/aromatic N) is 2. The van der Waals surface area contributed by atoms with Crippen LogP contribution in [0.5, 0.6) is 0 Å².